The van der Waals surface area contributed by atoms with Crippen molar-refractivity contribution < 1.29 is 49.3 Å². The largest absolute Gasteiger partial charge is 0.466 e. The molecule has 0 aromatic rings. The van der Waals surface area contributed by atoms with Crippen molar-refractivity contribution in [3.05, 3.63) is 36.5 Å². The van der Waals surface area contributed by atoms with Gasteiger partial charge >= 0.3 is 5.97 Å². The Bertz CT molecular complexity index is 1310. The van der Waals surface area contributed by atoms with Gasteiger partial charge in [0.15, 0.2) is 6.29 Å². The number of unbranched alkanes of at least 4 members (excludes halogenated alkanes) is 35. The predicted molar refractivity (Wildman–Crippen MR) is 301 cm³/mol. The van der Waals surface area contributed by atoms with Crippen LogP contribution in [0.15, 0.2) is 36.5 Å². The van der Waals surface area contributed by atoms with Crippen LogP contribution in [0.4, 0.5) is 0 Å². The van der Waals surface area contributed by atoms with Crippen molar-refractivity contribution in [2.24, 2.45) is 0 Å². The summed E-state index contributed by atoms with van der Waals surface area (Å²) >= 11 is 0. The molecule has 7 unspecified atom stereocenters. The smallest absolute Gasteiger partial charge is 0.305 e. The van der Waals surface area contributed by atoms with Crippen LogP contribution in [0.2, 0.25) is 0 Å². The van der Waals surface area contributed by atoms with Crippen molar-refractivity contribution in [1.82, 2.24) is 5.32 Å². The minimum Gasteiger partial charge on any atom is -0.466 e. The summed E-state index contributed by atoms with van der Waals surface area (Å²) in [6.07, 6.45) is 53.9. The van der Waals surface area contributed by atoms with Gasteiger partial charge in [0.1, 0.15) is 24.4 Å². The van der Waals surface area contributed by atoms with Crippen LogP contribution in [-0.2, 0) is 23.8 Å². The zero-order chi connectivity index (χ0) is 53.1. The molecule has 73 heavy (non-hydrogen) atoms. The molecule has 0 aliphatic carbocycles. The van der Waals surface area contributed by atoms with E-state index in [1.54, 1.807) is 6.08 Å². The van der Waals surface area contributed by atoms with E-state index in [2.05, 4.69) is 43.5 Å². The first-order valence-corrected chi connectivity index (χ1v) is 30.8. The van der Waals surface area contributed by atoms with E-state index in [4.69, 9.17) is 14.2 Å². The van der Waals surface area contributed by atoms with Gasteiger partial charge in [-0.25, -0.2) is 0 Å². The maximum absolute atomic E-state index is 13.0. The number of rotatable bonds is 53. The second kappa shape index (κ2) is 52.0. The number of aliphatic hydroxyl groups excluding tert-OH is 5. The predicted octanol–water partition coefficient (Wildman–Crippen LogP) is 14.3. The summed E-state index contributed by atoms with van der Waals surface area (Å²) in [5.41, 5.74) is 0. The number of amides is 1. The van der Waals surface area contributed by atoms with Crippen molar-refractivity contribution >= 4 is 11.9 Å². The van der Waals surface area contributed by atoms with Crippen LogP contribution in [0.3, 0.4) is 0 Å². The Morgan fingerprint density at radius 3 is 1.41 bits per heavy atom. The van der Waals surface area contributed by atoms with E-state index in [-0.39, 0.29) is 18.5 Å². The molecule has 6 N–H and O–H groups in total. The van der Waals surface area contributed by atoms with E-state index in [9.17, 15) is 35.1 Å². The average molecular weight is 1030 g/mol. The van der Waals surface area contributed by atoms with E-state index in [1.165, 1.54) is 186 Å². The van der Waals surface area contributed by atoms with Crippen LogP contribution < -0.4 is 5.32 Å². The molecule has 11 heteroatoms. The number of nitrogens with one attached hydrogen (secondary N) is 1. The number of hydrogen-bond acceptors (Lipinski definition) is 10. The van der Waals surface area contributed by atoms with Gasteiger partial charge in [-0.2, -0.15) is 0 Å². The van der Waals surface area contributed by atoms with Crippen molar-refractivity contribution in [3.8, 4) is 0 Å². The molecule has 1 amide bonds. The third kappa shape index (κ3) is 41.7. The van der Waals surface area contributed by atoms with Crippen molar-refractivity contribution in [1.29, 1.82) is 0 Å². The zero-order valence-electron chi connectivity index (χ0n) is 47.1. The van der Waals surface area contributed by atoms with Crippen LogP contribution in [-0.4, -0.2) is 100 Å². The number of allylic oxidation sites excluding steroid dienone is 5. The highest BCUT2D eigenvalue weighted by Gasteiger charge is 2.44. The van der Waals surface area contributed by atoms with Gasteiger partial charge in [-0.05, 0) is 64.2 Å². The molecule has 1 aliphatic rings. The van der Waals surface area contributed by atoms with Crippen LogP contribution in [0.5, 0.6) is 0 Å². The van der Waals surface area contributed by atoms with Gasteiger partial charge in [-0.3, -0.25) is 9.59 Å². The number of carbonyl (C=O) groups is 2. The number of hydrogen-bond donors (Lipinski definition) is 6. The Labute approximate surface area is 447 Å². The Kier molecular flexibility index (Phi) is 49.0. The summed E-state index contributed by atoms with van der Waals surface area (Å²) < 4.78 is 16.7. The van der Waals surface area contributed by atoms with Gasteiger partial charge in [0, 0.05) is 12.8 Å². The topological polar surface area (TPSA) is 175 Å². The van der Waals surface area contributed by atoms with Gasteiger partial charge in [0.2, 0.25) is 5.91 Å². The minimum absolute atomic E-state index is 0.0137. The van der Waals surface area contributed by atoms with Crippen molar-refractivity contribution in [2.45, 2.75) is 326 Å². The normalized spacial score (nSPS) is 19.1. The fourth-order valence-electron chi connectivity index (χ4n) is 9.58. The van der Waals surface area contributed by atoms with E-state index in [0.29, 0.717) is 19.4 Å². The van der Waals surface area contributed by atoms with E-state index < -0.39 is 49.5 Å². The molecule has 0 saturated carbocycles. The maximum atomic E-state index is 13.0. The number of ether oxygens (including phenoxy) is 3. The fourth-order valence-corrected chi connectivity index (χ4v) is 9.58. The lowest BCUT2D eigenvalue weighted by atomic mass is 9.99. The molecule has 0 radical (unpaired) electrons. The zero-order valence-corrected chi connectivity index (χ0v) is 47.1. The van der Waals surface area contributed by atoms with E-state index in [1.807, 2.05) is 6.08 Å². The summed E-state index contributed by atoms with van der Waals surface area (Å²) in [6, 6.07) is -0.811. The van der Waals surface area contributed by atoms with Crippen molar-refractivity contribution in [3.63, 3.8) is 0 Å². The molecule has 428 valence electrons. The van der Waals surface area contributed by atoms with Gasteiger partial charge in [0.25, 0.3) is 0 Å². The summed E-state index contributed by atoms with van der Waals surface area (Å²) in [6.45, 7) is 4.28. The quantitative estimate of drug-likeness (QED) is 0.0195. The van der Waals surface area contributed by atoms with Crippen LogP contribution >= 0.6 is 0 Å². The number of aliphatic hydroxyl groups is 5. The van der Waals surface area contributed by atoms with Gasteiger partial charge < -0.3 is 45.1 Å². The SMILES string of the molecule is CCCCC/C=C\C/C=C\CCCCCCCCCC(=O)OCCCCCCCCCCCCCCCCCCCCCC(=O)NC(COC1OC(CO)C(O)C(O)C1O)C(O)/C=C/CCCCCCCCC. The molecule has 7 atom stereocenters. The maximum Gasteiger partial charge on any atom is 0.305 e. The summed E-state index contributed by atoms with van der Waals surface area (Å²) in [7, 11) is 0. The first-order valence-electron chi connectivity index (χ1n) is 30.8. The first-order chi connectivity index (χ1) is 35.7. The fraction of sp³-hybridized carbons (Fsp3) is 0.871. The lowest BCUT2D eigenvalue weighted by molar-refractivity contribution is -0.302. The molecule has 0 spiro atoms. The minimum atomic E-state index is -1.57. The molecule has 0 aromatic carbocycles. The molecular formula is C62H115NO10. The van der Waals surface area contributed by atoms with E-state index in [0.717, 1.165) is 70.6 Å². The summed E-state index contributed by atoms with van der Waals surface area (Å²) in [4.78, 5) is 25.1. The van der Waals surface area contributed by atoms with Gasteiger partial charge in [-0.1, -0.05) is 243 Å². The lowest BCUT2D eigenvalue weighted by Crippen LogP contribution is -2.60. The molecule has 1 heterocycles. The Morgan fingerprint density at radius 2 is 0.918 bits per heavy atom. The summed E-state index contributed by atoms with van der Waals surface area (Å²) in [5, 5.41) is 54.2. The Balaban J connectivity index is 1.99. The number of esters is 1. The van der Waals surface area contributed by atoms with Crippen LogP contribution in [0.1, 0.15) is 284 Å². The second-order valence-electron chi connectivity index (χ2n) is 21.4. The Hall–Kier alpha value is -2.12. The molecule has 0 bridgehead atoms. The highest BCUT2D eigenvalue weighted by Crippen LogP contribution is 2.23. The first kappa shape index (κ1) is 68.9. The lowest BCUT2D eigenvalue weighted by Gasteiger charge is -2.40. The van der Waals surface area contributed by atoms with Crippen LogP contribution in [0.25, 0.3) is 0 Å². The van der Waals surface area contributed by atoms with Crippen LogP contribution in [0, 0.1) is 0 Å². The van der Waals surface area contributed by atoms with Gasteiger partial charge in [-0.15, -0.1) is 0 Å². The highest BCUT2D eigenvalue weighted by atomic mass is 16.7. The summed E-state index contributed by atoms with van der Waals surface area (Å²) in [5.74, 6) is -0.200. The molecule has 1 fully saturated rings. The standard InChI is InChI=1S/C62H115NO10/c1-3-5-7-9-11-13-14-15-16-20-24-27-30-34-38-42-46-50-58(67)71-51-47-43-39-35-31-28-25-22-19-17-18-21-23-26-29-33-37-41-45-49-57(66)63-54(55(65)48-44-40-36-32-12-10-8-6-4-2)53-72-62-61(70)60(69)59(68)56(52-64)73-62/h11,13,15-16,44,48,54-56,59-62,64-65,68-70H,3-10,12,14,17-43,45-47,49-53H2,1-2H3,(H,63,66)/b13-11-,16-15-,48-44+. The van der Waals surface area contributed by atoms with Crippen molar-refractivity contribution in [2.75, 3.05) is 19.8 Å². The number of carbonyl (C=O) groups excluding carboxylic acids is 2. The average Bonchev–Trinajstić information content (AvgIpc) is 3.39. The molecule has 1 rings (SSSR count). The highest BCUT2D eigenvalue weighted by molar-refractivity contribution is 5.76. The monoisotopic (exact) mass is 1030 g/mol. The Morgan fingerprint density at radius 1 is 0.507 bits per heavy atom. The third-order valence-corrected chi connectivity index (χ3v) is 14.5. The van der Waals surface area contributed by atoms with Gasteiger partial charge in [0.05, 0.1) is 32.0 Å². The molecule has 0 aromatic heterocycles. The second-order valence-corrected chi connectivity index (χ2v) is 21.4. The molecule has 1 saturated heterocycles. The molecular weight excluding hydrogens is 919 g/mol. The van der Waals surface area contributed by atoms with E-state index >= 15 is 0 Å². The molecule has 1 aliphatic heterocycles. The third-order valence-electron chi connectivity index (χ3n) is 14.5. The molecule has 11 nitrogen and oxygen atoms in total.